The summed E-state index contributed by atoms with van der Waals surface area (Å²) in [5.74, 6) is 1.47. The topological polar surface area (TPSA) is 15.3 Å². The van der Waals surface area contributed by atoms with Crippen molar-refractivity contribution in [2.24, 2.45) is 5.92 Å². The van der Waals surface area contributed by atoms with Gasteiger partial charge in [-0.3, -0.25) is 0 Å². The molecule has 1 aliphatic heterocycles. The van der Waals surface area contributed by atoms with E-state index in [0.717, 1.165) is 18.5 Å². The highest BCUT2D eigenvalue weighted by atomic mass is 15.2. The molecule has 1 N–H and O–H groups in total. The second-order valence-corrected chi connectivity index (χ2v) is 7.33. The maximum absolute atomic E-state index is 3.74. The Balaban J connectivity index is 1.46. The molecule has 2 aliphatic rings. The first kappa shape index (κ1) is 15.1. The fourth-order valence-electron chi connectivity index (χ4n) is 3.43. The molecular formula is C19H30N2. The third kappa shape index (κ3) is 3.87. The Bertz CT molecular complexity index is 447. The van der Waals surface area contributed by atoms with Crippen molar-refractivity contribution >= 4 is 0 Å². The normalized spacial score (nSPS) is 24.7. The minimum Gasteiger partial charge on any atom is -0.310 e. The zero-order chi connectivity index (χ0) is 14.8. The molecule has 2 atom stereocenters. The van der Waals surface area contributed by atoms with Crippen LogP contribution < -0.4 is 5.32 Å². The minimum absolute atomic E-state index is 0.459. The van der Waals surface area contributed by atoms with Crippen molar-refractivity contribution in [3.05, 3.63) is 35.4 Å². The lowest BCUT2D eigenvalue weighted by atomic mass is 9.99. The standard InChI is InChI=1S/C19H30N2/c1-14(2)17-4-6-18(7-5-17)15(3)20-12-16-10-11-21(13-16)19-8-9-19/h4-7,14-16,19-20H,8-13H2,1-3H3. The van der Waals surface area contributed by atoms with E-state index in [2.05, 4.69) is 55.3 Å². The molecule has 1 aliphatic carbocycles. The van der Waals surface area contributed by atoms with Crippen molar-refractivity contribution in [2.75, 3.05) is 19.6 Å². The van der Waals surface area contributed by atoms with Crippen LogP contribution in [0, 0.1) is 5.92 Å². The highest BCUT2D eigenvalue weighted by Crippen LogP contribution is 2.31. The molecule has 1 heterocycles. The van der Waals surface area contributed by atoms with Crippen molar-refractivity contribution in [3.63, 3.8) is 0 Å². The van der Waals surface area contributed by atoms with Crippen molar-refractivity contribution in [1.82, 2.24) is 10.2 Å². The summed E-state index contributed by atoms with van der Waals surface area (Å²) < 4.78 is 0. The summed E-state index contributed by atoms with van der Waals surface area (Å²) in [5, 5.41) is 3.74. The van der Waals surface area contributed by atoms with Crippen molar-refractivity contribution in [2.45, 2.75) is 58.0 Å². The Kier molecular flexibility index (Phi) is 4.66. The van der Waals surface area contributed by atoms with Crippen molar-refractivity contribution < 1.29 is 0 Å². The first-order valence-electron chi connectivity index (χ1n) is 8.70. The molecule has 0 radical (unpaired) electrons. The number of rotatable bonds is 6. The quantitative estimate of drug-likeness (QED) is 0.852. The van der Waals surface area contributed by atoms with Crippen LogP contribution in [0.15, 0.2) is 24.3 Å². The number of benzene rings is 1. The van der Waals surface area contributed by atoms with Gasteiger partial charge in [-0.15, -0.1) is 0 Å². The number of nitrogens with zero attached hydrogens (tertiary/aromatic N) is 1. The van der Waals surface area contributed by atoms with Crippen LogP contribution in [0.1, 0.15) is 63.1 Å². The predicted octanol–water partition coefficient (Wildman–Crippen LogP) is 3.94. The Morgan fingerprint density at radius 2 is 1.71 bits per heavy atom. The van der Waals surface area contributed by atoms with Gasteiger partial charge < -0.3 is 10.2 Å². The highest BCUT2D eigenvalue weighted by Gasteiger charge is 2.34. The van der Waals surface area contributed by atoms with Crippen LogP contribution >= 0.6 is 0 Å². The highest BCUT2D eigenvalue weighted by molar-refractivity contribution is 5.26. The molecule has 0 aromatic heterocycles. The number of hydrogen-bond donors (Lipinski definition) is 1. The van der Waals surface area contributed by atoms with Gasteiger partial charge >= 0.3 is 0 Å². The average molecular weight is 286 g/mol. The zero-order valence-corrected chi connectivity index (χ0v) is 13.8. The first-order valence-corrected chi connectivity index (χ1v) is 8.70. The summed E-state index contributed by atoms with van der Waals surface area (Å²) in [6.45, 7) is 10.6. The Morgan fingerprint density at radius 3 is 2.33 bits per heavy atom. The fraction of sp³-hybridized carbons (Fsp3) is 0.684. The molecule has 2 fully saturated rings. The van der Waals surface area contributed by atoms with Crippen LogP contribution in [0.5, 0.6) is 0 Å². The van der Waals surface area contributed by atoms with E-state index in [-0.39, 0.29) is 0 Å². The molecule has 1 saturated carbocycles. The van der Waals surface area contributed by atoms with Gasteiger partial charge in [0.2, 0.25) is 0 Å². The zero-order valence-electron chi connectivity index (χ0n) is 13.8. The summed E-state index contributed by atoms with van der Waals surface area (Å²) in [7, 11) is 0. The summed E-state index contributed by atoms with van der Waals surface area (Å²) in [6, 6.07) is 10.5. The van der Waals surface area contributed by atoms with Gasteiger partial charge in [-0.05, 0) is 62.2 Å². The average Bonchev–Trinajstić information content (AvgIpc) is 3.24. The van der Waals surface area contributed by atoms with E-state index >= 15 is 0 Å². The molecule has 0 bridgehead atoms. The Labute approximate surface area is 129 Å². The SMILES string of the molecule is CC(C)c1ccc(C(C)NCC2CCN(C3CC3)C2)cc1. The van der Waals surface area contributed by atoms with Crippen LogP contribution in [0.3, 0.4) is 0 Å². The lowest BCUT2D eigenvalue weighted by Crippen LogP contribution is -2.29. The van der Waals surface area contributed by atoms with Crippen molar-refractivity contribution in [1.29, 1.82) is 0 Å². The molecule has 116 valence electrons. The van der Waals surface area contributed by atoms with Gasteiger partial charge in [0.25, 0.3) is 0 Å². The molecule has 1 saturated heterocycles. The lowest BCUT2D eigenvalue weighted by molar-refractivity contribution is 0.310. The number of nitrogens with one attached hydrogen (secondary N) is 1. The van der Waals surface area contributed by atoms with E-state index in [1.807, 2.05) is 0 Å². The van der Waals surface area contributed by atoms with Crippen LogP contribution in [-0.2, 0) is 0 Å². The summed E-state index contributed by atoms with van der Waals surface area (Å²) in [5.41, 5.74) is 2.85. The molecule has 0 amide bonds. The maximum atomic E-state index is 3.74. The molecule has 2 nitrogen and oxygen atoms in total. The third-order valence-corrected chi connectivity index (χ3v) is 5.20. The van der Waals surface area contributed by atoms with E-state index < -0.39 is 0 Å². The van der Waals surface area contributed by atoms with Gasteiger partial charge in [0.15, 0.2) is 0 Å². The van der Waals surface area contributed by atoms with E-state index in [9.17, 15) is 0 Å². The third-order valence-electron chi connectivity index (χ3n) is 5.20. The van der Waals surface area contributed by atoms with Gasteiger partial charge in [-0.2, -0.15) is 0 Å². The summed E-state index contributed by atoms with van der Waals surface area (Å²) in [4.78, 5) is 2.70. The van der Waals surface area contributed by atoms with Gasteiger partial charge in [0.1, 0.15) is 0 Å². The molecule has 1 aromatic rings. The van der Waals surface area contributed by atoms with E-state index in [4.69, 9.17) is 0 Å². The van der Waals surface area contributed by atoms with Gasteiger partial charge in [-0.1, -0.05) is 38.1 Å². The molecule has 2 heteroatoms. The Morgan fingerprint density at radius 1 is 1.05 bits per heavy atom. The van der Waals surface area contributed by atoms with E-state index in [1.54, 1.807) is 0 Å². The van der Waals surface area contributed by atoms with Crippen LogP contribution in [0.2, 0.25) is 0 Å². The molecule has 1 aromatic carbocycles. The van der Waals surface area contributed by atoms with Gasteiger partial charge in [0.05, 0.1) is 0 Å². The maximum Gasteiger partial charge on any atom is 0.0291 e. The molecule has 21 heavy (non-hydrogen) atoms. The lowest BCUT2D eigenvalue weighted by Gasteiger charge is -2.19. The molecule has 2 unspecified atom stereocenters. The molecule has 3 rings (SSSR count). The van der Waals surface area contributed by atoms with Gasteiger partial charge in [-0.25, -0.2) is 0 Å². The van der Waals surface area contributed by atoms with Crippen LogP contribution in [0.4, 0.5) is 0 Å². The first-order chi connectivity index (χ1) is 10.1. The molecular weight excluding hydrogens is 256 g/mol. The van der Waals surface area contributed by atoms with Crippen LogP contribution in [0.25, 0.3) is 0 Å². The number of likely N-dealkylation sites (tertiary alicyclic amines) is 1. The van der Waals surface area contributed by atoms with E-state index in [0.29, 0.717) is 12.0 Å². The summed E-state index contributed by atoms with van der Waals surface area (Å²) >= 11 is 0. The van der Waals surface area contributed by atoms with Crippen LogP contribution in [-0.4, -0.2) is 30.6 Å². The largest absolute Gasteiger partial charge is 0.310 e. The molecule has 0 spiro atoms. The smallest absolute Gasteiger partial charge is 0.0291 e. The monoisotopic (exact) mass is 286 g/mol. The number of hydrogen-bond acceptors (Lipinski definition) is 2. The Hall–Kier alpha value is -0.860. The second kappa shape index (κ2) is 6.50. The second-order valence-electron chi connectivity index (χ2n) is 7.33. The van der Waals surface area contributed by atoms with Crippen molar-refractivity contribution in [3.8, 4) is 0 Å². The predicted molar refractivity (Wildman–Crippen MR) is 89.7 cm³/mol. The minimum atomic E-state index is 0.459. The van der Waals surface area contributed by atoms with E-state index in [1.165, 1.54) is 43.5 Å². The fourth-order valence-corrected chi connectivity index (χ4v) is 3.43. The van der Waals surface area contributed by atoms with Gasteiger partial charge in [0, 0.05) is 18.6 Å². The summed E-state index contributed by atoms with van der Waals surface area (Å²) in [6.07, 6.45) is 4.26.